The molecule has 1 aliphatic rings. The summed E-state index contributed by atoms with van der Waals surface area (Å²) < 4.78 is 5.40. The van der Waals surface area contributed by atoms with Gasteiger partial charge in [0.25, 0.3) is 0 Å². The predicted octanol–water partition coefficient (Wildman–Crippen LogP) is 1.50. The minimum absolute atomic E-state index is 0.0946. The molecule has 0 aromatic heterocycles. The van der Waals surface area contributed by atoms with Gasteiger partial charge in [-0.15, -0.1) is 0 Å². The molecule has 1 fully saturated rings. The molecule has 1 saturated carbocycles. The smallest absolute Gasteiger partial charge is 0.326 e. The second kappa shape index (κ2) is 7.99. The van der Waals surface area contributed by atoms with Gasteiger partial charge in [-0.25, -0.2) is 9.59 Å². The van der Waals surface area contributed by atoms with Gasteiger partial charge in [0.2, 0.25) is 0 Å². The number of rotatable bonds is 8. The highest BCUT2D eigenvalue weighted by molar-refractivity contribution is 5.82. The van der Waals surface area contributed by atoms with E-state index in [2.05, 4.69) is 10.6 Å². The van der Waals surface area contributed by atoms with Crippen LogP contribution in [0.25, 0.3) is 0 Å². The second-order valence-corrected chi connectivity index (χ2v) is 4.90. The summed E-state index contributed by atoms with van der Waals surface area (Å²) in [5.41, 5.74) is 0. The molecule has 0 saturated heterocycles. The van der Waals surface area contributed by atoms with E-state index in [1.165, 1.54) is 0 Å². The first-order valence-electron chi connectivity index (χ1n) is 6.98. The molecule has 3 N–H and O–H groups in total. The molecule has 0 bridgehead atoms. The Bertz CT molecular complexity index is 303. The second-order valence-electron chi connectivity index (χ2n) is 4.90. The van der Waals surface area contributed by atoms with Gasteiger partial charge < -0.3 is 20.5 Å². The number of carbonyl (C=O) groups excluding carboxylic acids is 1. The average molecular weight is 272 g/mol. The number of urea groups is 1. The van der Waals surface area contributed by atoms with Crippen LogP contribution < -0.4 is 10.6 Å². The molecular weight excluding hydrogens is 248 g/mol. The monoisotopic (exact) mass is 272 g/mol. The quantitative estimate of drug-likeness (QED) is 0.625. The van der Waals surface area contributed by atoms with Gasteiger partial charge in [0.05, 0.1) is 6.10 Å². The van der Waals surface area contributed by atoms with E-state index in [9.17, 15) is 9.59 Å². The topological polar surface area (TPSA) is 87.7 Å². The Balaban J connectivity index is 2.24. The fourth-order valence-corrected chi connectivity index (χ4v) is 2.11. The zero-order chi connectivity index (χ0) is 14.3. The van der Waals surface area contributed by atoms with Crippen LogP contribution in [0, 0.1) is 0 Å². The number of carboxylic acids is 1. The lowest BCUT2D eigenvalue weighted by molar-refractivity contribution is -0.139. The minimum atomic E-state index is -0.982. The summed E-state index contributed by atoms with van der Waals surface area (Å²) in [7, 11) is 0. The van der Waals surface area contributed by atoms with Crippen LogP contribution in [0.1, 0.15) is 46.0 Å². The molecule has 1 rings (SSSR count). The van der Waals surface area contributed by atoms with E-state index < -0.39 is 18.0 Å². The van der Waals surface area contributed by atoms with Crippen LogP contribution in [-0.2, 0) is 9.53 Å². The largest absolute Gasteiger partial charge is 0.480 e. The lowest BCUT2D eigenvalue weighted by atomic mass is 9.89. The average Bonchev–Trinajstić information content (AvgIpc) is 2.31. The molecule has 0 aromatic rings. The number of carboxylic acid groups (broad SMARTS) is 1. The molecule has 0 spiro atoms. The van der Waals surface area contributed by atoms with E-state index in [-0.39, 0.29) is 12.1 Å². The normalized spacial score (nSPS) is 23.3. The fourth-order valence-electron chi connectivity index (χ4n) is 2.11. The third kappa shape index (κ3) is 5.46. The lowest BCUT2D eigenvalue weighted by Gasteiger charge is -2.35. The van der Waals surface area contributed by atoms with Crippen molar-refractivity contribution in [3.05, 3.63) is 0 Å². The summed E-state index contributed by atoms with van der Waals surface area (Å²) in [5, 5.41) is 14.3. The number of hydrogen-bond acceptors (Lipinski definition) is 3. The van der Waals surface area contributed by atoms with Crippen LogP contribution in [0.15, 0.2) is 0 Å². The third-order valence-electron chi connectivity index (χ3n) is 3.28. The fraction of sp³-hybridized carbons (Fsp3) is 0.846. The Morgan fingerprint density at radius 3 is 2.58 bits per heavy atom. The van der Waals surface area contributed by atoms with E-state index in [0.29, 0.717) is 13.0 Å². The molecule has 19 heavy (non-hydrogen) atoms. The molecule has 0 heterocycles. The van der Waals surface area contributed by atoms with E-state index in [4.69, 9.17) is 9.84 Å². The minimum Gasteiger partial charge on any atom is -0.480 e. The first-order valence-corrected chi connectivity index (χ1v) is 6.98. The van der Waals surface area contributed by atoms with Crippen LogP contribution in [0.4, 0.5) is 4.79 Å². The molecule has 1 atom stereocenters. The summed E-state index contributed by atoms with van der Waals surface area (Å²) >= 11 is 0. The number of amides is 2. The highest BCUT2D eigenvalue weighted by atomic mass is 16.5. The molecule has 6 nitrogen and oxygen atoms in total. The maximum Gasteiger partial charge on any atom is 0.326 e. The van der Waals surface area contributed by atoms with Crippen LogP contribution >= 0.6 is 0 Å². The van der Waals surface area contributed by atoms with Crippen molar-refractivity contribution in [1.29, 1.82) is 0 Å². The predicted molar refractivity (Wildman–Crippen MR) is 71.1 cm³/mol. The van der Waals surface area contributed by atoms with E-state index in [1.54, 1.807) is 0 Å². The summed E-state index contributed by atoms with van der Waals surface area (Å²) in [6.45, 7) is 4.61. The number of unbranched alkanes of at least 4 members (excludes halogenated alkanes) is 1. The zero-order valence-electron chi connectivity index (χ0n) is 11.6. The van der Waals surface area contributed by atoms with Crippen LogP contribution in [0.5, 0.6) is 0 Å². The Morgan fingerprint density at radius 2 is 2.05 bits per heavy atom. The van der Waals surface area contributed by atoms with Crippen molar-refractivity contribution in [2.45, 2.75) is 64.1 Å². The molecule has 110 valence electrons. The van der Waals surface area contributed by atoms with Gasteiger partial charge in [0.1, 0.15) is 6.04 Å². The SMILES string of the molecule is CCCCC(NC(=O)NC1CC(OCC)C1)C(=O)O. The highest BCUT2D eigenvalue weighted by Gasteiger charge is 2.31. The molecule has 1 aliphatic carbocycles. The molecular formula is C13H24N2O4. The molecule has 0 aliphatic heterocycles. The Kier molecular flexibility index (Phi) is 6.62. The first kappa shape index (κ1) is 15.8. The van der Waals surface area contributed by atoms with Gasteiger partial charge in [-0.05, 0) is 26.2 Å². The summed E-state index contributed by atoms with van der Waals surface area (Å²) in [6, 6.07) is -1.11. The number of hydrogen-bond donors (Lipinski definition) is 3. The maximum atomic E-state index is 11.7. The highest BCUT2D eigenvalue weighted by Crippen LogP contribution is 2.22. The van der Waals surface area contributed by atoms with Crippen LogP contribution in [0.3, 0.4) is 0 Å². The van der Waals surface area contributed by atoms with E-state index >= 15 is 0 Å². The van der Waals surface area contributed by atoms with Gasteiger partial charge in [-0.1, -0.05) is 19.8 Å². The number of aliphatic carboxylic acids is 1. The molecule has 0 radical (unpaired) electrons. The first-order chi connectivity index (χ1) is 9.06. The molecule has 1 unspecified atom stereocenters. The molecule has 0 aromatic carbocycles. The Labute approximate surface area is 113 Å². The third-order valence-corrected chi connectivity index (χ3v) is 3.28. The van der Waals surface area contributed by atoms with Crippen molar-refractivity contribution in [3.8, 4) is 0 Å². The number of nitrogens with one attached hydrogen (secondary N) is 2. The Morgan fingerprint density at radius 1 is 1.37 bits per heavy atom. The standard InChI is InChI=1S/C13H24N2O4/c1-3-5-6-11(12(16)17)15-13(18)14-9-7-10(8-9)19-4-2/h9-11H,3-8H2,1-2H3,(H,16,17)(H2,14,15,18). The molecule has 6 heteroatoms. The number of ether oxygens (including phenoxy) is 1. The van der Waals surface area contributed by atoms with Gasteiger partial charge >= 0.3 is 12.0 Å². The van der Waals surface area contributed by atoms with E-state index in [0.717, 1.165) is 25.7 Å². The van der Waals surface area contributed by atoms with Crippen molar-refractivity contribution in [2.24, 2.45) is 0 Å². The van der Waals surface area contributed by atoms with Crippen molar-refractivity contribution in [1.82, 2.24) is 10.6 Å². The summed E-state index contributed by atoms with van der Waals surface area (Å²) in [6.07, 6.45) is 3.98. The van der Waals surface area contributed by atoms with Crippen molar-refractivity contribution in [3.63, 3.8) is 0 Å². The van der Waals surface area contributed by atoms with Gasteiger partial charge in [0.15, 0.2) is 0 Å². The number of carbonyl (C=O) groups is 2. The van der Waals surface area contributed by atoms with Gasteiger partial charge in [-0.3, -0.25) is 0 Å². The van der Waals surface area contributed by atoms with Crippen molar-refractivity contribution in [2.75, 3.05) is 6.61 Å². The summed E-state index contributed by atoms with van der Waals surface area (Å²) in [5.74, 6) is -0.982. The maximum absolute atomic E-state index is 11.7. The van der Waals surface area contributed by atoms with Crippen molar-refractivity contribution < 1.29 is 19.4 Å². The van der Waals surface area contributed by atoms with Crippen LogP contribution in [-0.4, -0.2) is 41.9 Å². The van der Waals surface area contributed by atoms with Crippen molar-refractivity contribution >= 4 is 12.0 Å². The summed E-state index contributed by atoms with van der Waals surface area (Å²) in [4.78, 5) is 22.6. The van der Waals surface area contributed by atoms with Gasteiger partial charge in [-0.2, -0.15) is 0 Å². The van der Waals surface area contributed by atoms with E-state index in [1.807, 2.05) is 13.8 Å². The lowest BCUT2D eigenvalue weighted by Crippen LogP contribution is -2.53. The zero-order valence-corrected chi connectivity index (χ0v) is 11.6. The Hall–Kier alpha value is -1.30. The molecule has 2 amide bonds. The van der Waals surface area contributed by atoms with Crippen LogP contribution in [0.2, 0.25) is 0 Å². The van der Waals surface area contributed by atoms with Gasteiger partial charge in [0, 0.05) is 12.6 Å².